The molecule has 0 fully saturated rings. The third-order valence-electron chi connectivity index (χ3n) is 5.86. The second-order valence-electron chi connectivity index (χ2n) is 11.3. The number of unbranched alkanes of at least 4 members (excludes halogenated alkanes) is 2. The Kier molecular flexibility index (Phi) is 31.8. The third kappa shape index (κ3) is 30.1. The molecule has 15 nitrogen and oxygen atoms in total. The summed E-state index contributed by atoms with van der Waals surface area (Å²) < 4.78 is 37.5. The molecule has 0 bridgehead atoms. The Morgan fingerprint density at radius 2 is 1.40 bits per heavy atom. The summed E-state index contributed by atoms with van der Waals surface area (Å²) in [4.78, 5) is 37.1. The molecule has 0 radical (unpaired) electrons. The topological polar surface area (TPSA) is 261 Å². The van der Waals surface area contributed by atoms with E-state index in [4.69, 9.17) is 48.7 Å². The van der Waals surface area contributed by atoms with Crippen molar-refractivity contribution in [3.8, 4) is 6.57 Å². The zero-order valence-electron chi connectivity index (χ0n) is 30.7. The van der Waals surface area contributed by atoms with Crippen LogP contribution in [0.5, 0.6) is 0 Å². The number of nitrogens with two attached hydrogens (primary N) is 3. The van der Waals surface area contributed by atoms with Gasteiger partial charge in [0, 0.05) is 59.7 Å². The molecule has 53 heavy (non-hydrogen) atoms. The van der Waals surface area contributed by atoms with Crippen LogP contribution in [0.25, 0.3) is 15.9 Å². The minimum absolute atomic E-state index is 0. The fourth-order valence-corrected chi connectivity index (χ4v) is 3.49. The molecule has 302 valence electrons. The number of aliphatic hydroxyl groups excluding tert-OH is 2. The van der Waals surface area contributed by atoms with Crippen molar-refractivity contribution in [2.45, 2.75) is 91.1 Å². The summed E-state index contributed by atoms with van der Waals surface area (Å²) >= 11 is 2.78. The number of fused-ring (bicyclic) bond motifs is 1. The van der Waals surface area contributed by atoms with Gasteiger partial charge >= 0.3 is 5.54 Å². The molecule has 0 spiro atoms. The van der Waals surface area contributed by atoms with Crippen molar-refractivity contribution < 1.29 is 63.6 Å². The zero-order chi connectivity index (χ0) is 41.1. The number of pyridine rings is 2. The molecule has 3 aromatic rings. The van der Waals surface area contributed by atoms with E-state index in [1.54, 1.807) is 0 Å². The van der Waals surface area contributed by atoms with Gasteiger partial charge in [0.2, 0.25) is 5.95 Å². The molecule has 3 aromatic heterocycles. The van der Waals surface area contributed by atoms with Gasteiger partial charge in [-0.15, -0.1) is 0 Å². The Hall–Kier alpha value is -4.14. The summed E-state index contributed by atoms with van der Waals surface area (Å²) in [6.45, 7) is 18.3. The Morgan fingerprint density at radius 1 is 0.943 bits per heavy atom. The van der Waals surface area contributed by atoms with Crippen molar-refractivity contribution in [3.05, 3.63) is 63.8 Å². The van der Waals surface area contributed by atoms with Crippen LogP contribution in [-0.2, 0) is 30.0 Å². The monoisotopic (exact) mass is 912 g/mol. The molecular weight excluding hydrogens is 862 g/mol. The van der Waals surface area contributed by atoms with Crippen molar-refractivity contribution in [3.63, 3.8) is 0 Å². The third-order valence-corrected chi connectivity index (χ3v) is 6.44. The van der Waals surface area contributed by atoms with Crippen LogP contribution in [0.3, 0.4) is 0 Å². The number of aliphatic hydroxyl groups is 2. The molecule has 3 rings (SSSR count). The van der Waals surface area contributed by atoms with Gasteiger partial charge in [-0.3, -0.25) is 9.59 Å². The van der Waals surface area contributed by atoms with Crippen molar-refractivity contribution in [1.29, 1.82) is 0 Å². The van der Waals surface area contributed by atoms with Gasteiger partial charge in [0.1, 0.15) is 28.4 Å². The first kappa shape index (κ1) is 55.6. The first-order valence-corrected chi connectivity index (χ1v) is 16.4. The molecule has 0 aliphatic heterocycles. The molecule has 0 aliphatic carbocycles. The number of carboxylic acids is 2. The number of aromatic nitrogens is 4. The maximum atomic E-state index is 13.2. The number of carbonyl (C=O) groups is 2. The number of hydrogen-bond donors (Lipinski definition) is 8. The number of hydrogen-bond acceptors (Lipinski definition) is 12. The zero-order valence-corrected chi connectivity index (χ0v) is 33.8. The summed E-state index contributed by atoms with van der Waals surface area (Å²) in [6, 6.07) is 2.02. The van der Waals surface area contributed by atoms with Crippen molar-refractivity contribution >= 4 is 50.7 Å². The van der Waals surface area contributed by atoms with E-state index in [1.165, 1.54) is 6.07 Å². The minimum atomic E-state index is -0.833. The predicted octanol–water partition coefficient (Wildman–Crippen LogP) is 5.67. The summed E-state index contributed by atoms with van der Waals surface area (Å²) in [5.74, 6) is -2.90. The second kappa shape index (κ2) is 30.3. The average Bonchev–Trinajstić information content (AvgIpc) is 3.04. The van der Waals surface area contributed by atoms with Gasteiger partial charge in [0.25, 0.3) is 18.5 Å². The fourth-order valence-electron chi connectivity index (χ4n) is 3.27. The van der Waals surface area contributed by atoms with Gasteiger partial charge in [-0.25, -0.2) is 28.1 Å². The Morgan fingerprint density at radius 3 is 1.79 bits per heavy atom. The summed E-state index contributed by atoms with van der Waals surface area (Å²) in [5.41, 5.74) is 14.9. The number of halogens is 4. The van der Waals surface area contributed by atoms with E-state index in [9.17, 15) is 18.3 Å². The van der Waals surface area contributed by atoms with Gasteiger partial charge in [0.05, 0.1) is 35.9 Å². The van der Waals surface area contributed by atoms with Gasteiger partial charge in [-0.05, 0) is 35.7 Å². The molecule has 0 unspecified atom stereocenters. The molecule has 20 heteroatoms. The van der Waals surface area contributed by atoms with E-state index in [2.05, 4.69) is 66.5 Å². The normalized spacial score (nSPS) is 11.6. The second-order valence-corrected chi connectivity index (χ2v) is 12.1. The van der Waals surface area contributed by atoms with Gasteiger partial charge < -0.3 is 42.9 Å². The van der Waals surface area contributed by atoms with E-state index >= 15 is 0 Å². The Bertz CT molecular complexity index is 1530. The van der Waals surface area contributed by atoms with E-state index in [1.807, 2.05) is 13.8 Å². The summed E-state index contributed by atoms with van der Waals surface area (Å²) in [5, 5.41) is 36.5. The fraction of sp³-hybridized carbons (Fsp3) is 0.485. The molecule has 0 amide bonds. The maximum Gasteiger partial charge on any atom is 0.300 e. The molecule has 11 N–H and O–H groups in total. The van der Waals surface area contributed by atoms with Crippen LogP contribution in [0.2, 0.25) is 0 Å². The van der Waals surface area contributed by atoms with Crippen LogP contribution in [0.15, 0.2) is 41.5 Å². The number of nitrogens with one attached hydrogen (secondary N) is 1. The number of aliphatic carboxylic acids is 2. The predicted molar refractivity (Wildman–Crippen MR) is 200 cm³/mol. The van der Waals surface area contributed by atoms with Gasteiger partial charge in [-0.1, -0.05) is 44.5 Å². The minimum Gasteiger partial charge on any atom is -0.481 e. The first-order chi connectivity index (χ1) is 24.0. The first-order valence-electron chi connectivity index (χ1n) is 15.6. The molecular formula is C33H52BrF3N9O6Pd+. The molecule has 2 atom stereocenters. The smallest absolute Gasteiger partial charge is 0.300 e. The van der Waals surface area contributed by atoms with Crippen molar-refractivity contribution in [2.24, 2.45) is 11.5 Å². The van der Waals surface area contributed by atoms with E-state index in [0.29, 0.717) is 16.9 Å². The number of nitrogen functional groups attached to an aromatic ring is 1. The average molecular weight is 914 g/mol. The molecule has 3 heterocycles. The SMILES string of the molecule is C#[N+][C@@](C)(CO)CCCC.C=C(N)N.CC(=O)O.CC(=O)O.CCCC[C@](C)(CO)Nc1nc(N)nc2cc(F)cnc12.Fc1cnc(Br)c(F)c1.[Pd]. The van der Waals surface area contributed by atoms with Crippen molar-refractivity contribution in [2.75, 3.05) is 24.3 Å². The Balaban J connectivity index is -0.000000315. The van der Waals surface area contributed by atoms with Crippen LogP contribution in [0.4, 0.5) is 24.9 Å². The number of nitrogens with zero attached hydrogens (tertiary/aromatic N) is 5. The number of rotatable bonds is 10. The summed E-state index contributed by atoms with van der Waals surface area (Å²) in [6.07, 6.45) is 7.85. The standard InChI is InChI=1S/C14H20FN5O.C8H16NO.C5H2BrF2N.C2H6N2.2C2H4O2.Pd/c1-3-4-5-14(2,8-21)20-12-11-10(18-13(16)19-12)6-9(15)7-17-11;1-4-5-6-8(2,7-10)9-3;6-5-4(8)1-3(7)2-9-5;3*1-2(3)4;/h6-7,21H,3-5,8H2,1-2H3,(H3,16,18,19,20);3,10H,4-7H2,1-2H3;1-2H;1,3-4H2;2*1H3,(H,3,4);/q;+1;;;;;/t14-;8-;;;;;/m11...../s1. The van der Waals surface area contributed by atoms with Gasteiger partial charge in [0.15, 0.2) is 11.6 Å². The molecule has 0 aromatic carbocycles. The Labute approximate surface area is 330 Å². The molecule has 0 saturated carbocycles. The maximum absolute atomic E-state index is 13.2. The van der Waals surface area contributed by atoms with E-state index in [0.717, 1.165) is 70.8 Å². The van der Waals surface area contributed by atoms with Crippen LogP contribution >= 0.6 is 15.9 Å². The largest absolute Gasteiger partial charge is 0.481 e. The van der Waals surface area contributed by atoms with Gasteiger partial charge in [-0.2, -0.15) is 4.98 Å². The van der Waals surface area contributed by atoms with Crippen LogP contribution < -0.4 is 22.5 Å². The number of carboxylic acid groups (broad SMARTS) is 2. The van der Waals surface area contributed by atoms with Crippen LogP contribution in [0.1, 0.15) is 80.1 Å². The quantitative estimate of drug-likeness (QED) is 0.0901. The molecule has 0 aliphatic rings. The van der Waals surface area contributed by atoms with Crippen molar-refractivity contribution in [1.82, 2.24) is 19.9 Å². The van der Waals surface area contributed by atoms with E-state index < -0.39 is 40.5 Å². The van der Waals surface area contributed by atoms with Crippen LogP contribution in [0, 0.1) is 24.0 Å². The van der Waals surface area contributed by atoms with E-state index in [-0.39, 0.29) is 50.0 Å². The van der Waals surface area contributed by atoms with Crippen LogP contribution in [-0.4, -0.2) is 76.6 Å². The number of anilines is 2. The molecule has 0 saturated heterocycles. The summed E-state index contributed by atoms with van der Waals surface area (Å²) in [7, 11) is 0.